The summed E-state index contributed by atoms with van der Waals surface area (Å²) < 4.78 is 5.55. The van der Waals surface area contributed by atoms with Gasteiger partial charge in [0, 0.05) is 35.9 Å². The van der Waals surface area contributed by atoms with Crippen molar-refractivity contribution >= 4 is 17.8 Å². The van der Waals surface area contributed by atoms with Gasteiger partial charge >= 0.3 is 6.03 Å². The molecule has 0 radical (unpaired) electrons. The Hall–Kier alpha value is -1.98. The maximum absolute atomic E-state index is 12.2. The molecule has 1 fully saturated rings. The van der Waals surface area contributed by atoms with E-state index < -0.39 is 0 Å². The molecule has 27 heavy (non-hydrogen) atoms. The molecule has 4 nitrogen and oxygen atoms in total. The molecular weight excluding hydrogens is 356 g/mol. The predicted molar refractivity (Wildman–Crippen MR) is 111 cm³/mol. The minimum atomic E-state index is -0.0809. The fourth-order valence-corrected chi connectivity index (χ4v) is 4.55. The molecule has 2 amide bonds. The Morgan fingerprint density at radius 3 is 2.33 bits per heavy atom. The number of aryl methyl sites for hydroxylation is 1. The van der Waals surface area contributed by atoms with Crippen LogP contribution in [-0.4, -0.2) is 37.1 Å². The second kappa shape index (κ2) is 10.4. The fourth-order valence-electron chi connectivity index (χ4n) is 3.24. The number of thioether (sulfide) groups is 1. The van der Waals surface area contributed by atoms with Crippen molar-refractivity contribution in [2.24, 2.45) is 0 Å². The number of carbonyl (C=O) groups is 1. The van der Waals surface area contributed by atoms with Gasteiger partial charge in [-0.3, -0.25) is 0 Å². The monoisotopic (exact) mass is 384 g/mol. The summed E-state index contributed by atoms with van der Waals surface area (Å²) >= 11 is 1.86. The second-order valence-electron chi connectivity index (χ2n) is 6.91. The third kappa shape index (κ3) is 6.60. The van der Waals surface area contributed by atoms with Gasteiger partial charge in [-0.2, -0.15) is 0 Å². The lowest BCUT2D eigenvalue weighted by molar-refractivity contribution is 0.0776. The minimum Gasteiger partial charge on any atom is -0.381 e. The summed E-state index contributed by atoms with van der Waals surface area (Å²) in [4.78, 5) is 13.5. The number of benzene rings is 2. The predicted octanol–water partition coefficient (Wildman–Crippen LogP) is 4.26. The Morgan fingerprint density at radius 1 is 0.963 bits per heavy atom. The fraction of sp³-hybridized carbons (Fsp3) is 0.409. The van der Waals surface area contributed by atoms with Gasteiger partial charge in [-0.05, 0) is 43.4 Å². The van der Waals surface area contributed by atoms with E-state index in [2.05, 4.69) is 47.0 Å². The second-order valence-corrected chi connectivity index (χ2v) is 8.45. The molecule has 0 spiro atoms. The number of urea groups is 1. The molecule has 2 aromatic rings. The van der Waals surface area contributed by atoms with Crippen LogP contribution in [0.5, 0.6) is 0 Å². The quantitative estimate of drug-likeness (QED) is 0.669. The number of amides is 2. The van der Waals surface area contributed by atoms with E-state index in [4.69, 9.17) is 4.74 Å². The van der Waals surface area contributed by atoms with Gasteiger partial charge in [0.15, 0.2) is 0 Å². The van der Waals surface area contributed by atoms with Crippen LogP contribution >= 0.6 is 11.8 Å². The first kappa shape index (κ1) is 19.8. The van der Waals surface area contributed by atoms with Crippen LogP contribution in [0.3, 0.4) is 0 Å². The first-order valence-corrected chi connectivity index (χ1v) is 10.4. The van der Waals surface area contributed by atoms with Crippen molar-refractivity contribution < 1.29 is 9.53 Å². The summed E-state index contributed by atoms with van der Waals surface area (Å²) in [5.74, 6) is 0. The van der Waals surface area contributed by atoms with Crippen LogP contribution in [0.4, 0.5) is 4.79 Å². The minimum absolute atomic E-state index is 0.000974. The number of ether oxygens (including phenoxy) is 1. The van der Waals surface area contributed by atoms with E-state index in [9.17, 15) is 4.79 Å². The van der Waals surface area contributed by atoms with Gasteiger partial charge in [-0.1, -0.05) is 48.5 Å². The molecular formula is C22H28N2O2S. The van der Waals surface area contributed by atoms with Crippen LogP contribution in [0.25, 0.3) is 0 Å². The standard InChI is InChI=1S/C22H28N2O2S/c25-21(23-15-7-10-19-8-3-1-4-9-19)24-18-22(13-16-26-17-14-22)27-20-11-5-2-6-12-20/h1-6,8-9,11-12H,7,10,13-18H2,(H2,23,24,25). The Morgan fingerprint density at radius 2 is 1.63 bits per heavy atom. The summed E-state index contributed by atoms with van der Waals surface area (Å²) in [5, 5.41) is 6.07. The Kier molecular flexibility index (Phi) is 7.60. The summed E-state index contributed by atoms with van der Waals surface area (Å²) in [5.41, 5.74) is 1.31. The number of carbonyl (C=O) groups excluding carboxylic acids is 1. The summed E-state index contributed by atoms with van der Waals surface area (Å²) in [6.07, 6.45) is 3.81. The molecule has 2 N–H and O–H groups in total. The van der Waals surface area contributed by atoms with Crippen molar-refractivity contribution in [2.45, 2.75) is 35.3 Å². The van der Waals surface area contributed by atoms with Crippen LogP contribution in [-0.2, 0) is 11.2 Å². The smallest absolute Gasteiger partial charge is 0.314 e. The van der Waals surface area contributed by atoms with E-state index in [1.165, 1.54) is 10.5 Å². The molecule has 5 heteroatoms. The van der Waals surface area contributed by atoms with E-state index in [0.29, 0.717) is 13.1 Å². The maximum Gasteiger partial charge on any atom is 0.314 e. The molecule has 1 aliphatic rings. The van der Waals surface area contributed by atoms with Crippen molar-refractivity contribution in [3.8, 4) is 0 Å². The van der Waals surface area contributed by atoms with Crippen LogP contribution in [0.1, 0.15) is 24.8 Å². The zero-order chi connectivity index (χ0) is 18.8. The van der Waals surface area contributed by atoms with E-state index in [0.717, 1.165) is 38.9 Å². The maximum atomic E-state index is 12.2. The first-order valence-electron chi connectivity index (χ1n) is 9.63. The van der Waals surface area contributed by atoms with Gasteiger partial charge in [0.2, 0.25) is 0 Å². The van der Waals surface area contributed by atoms with E-state index in [1.807, 2.05) is 36.0 Å². The SMILES string of the molecule is O=C(NCCCc1ccccc1)NCC1(Sc2ccccc2)CCOCC1. The Balaban J connectivity index is 1.43. The lowest BCUT2D eigenvalue weighted by Crippen LogP contribution is -2.47. The van der Waals surface area contributed by atoms with Gasteiger partial charge in [0.1, 0.15) is 0 Å². The molecule has 1 saturated heterocycles. The molecule has 0 atom stereocenters. The van der Waals surface area contributed by atoms with Crippen LogP contribution in [0.2, 0.25) is 0 Å². The van der Waals surface area contributed by atoms with Crippen molar-refractivity contribution in [3.05, 3.63) is 66.2 Å². The van der Waals surface area contributed by atoms with Gasteiger partial charge < -0.3 is 15.4 Å². The number of nitrogens with one attached hydrogen (secondary N) is 2. The normalized spacial score (nSPS) is 15.9. The van der Waals surface area contributed by atoms with Gasteiger partial charge in [-0.25, -0.2) is 4.79 Å². The molecule has 2 aromatic carbocycles. The van der Waals surface area contributed by atoms with Crippen LogP contribution in [0.15, 0.2) is 65.6 Å². The Labute approximate surface area is 166 Å². The average molecular weight is 385 g/mol. The lowest BCUT2D eigenvalue weighted by atomic mass is 9.99. The van der Waals surface area contributed by atoms with Crippen molar-refractivity contribution in [1.82, 2.24) is 10.6 Å². The number of rotatable bonds is 8. The van der Waals surface area contributed by atoms with Crippen molar-refractivity contribution in [1.29, 1.82) is 0 Å². The van der Waals surface area contributed by atoms with Crippen LogP contribution in [0, 0.1) is 0 Å². The summed E-state index contributed by atoms with van der Waals surface area (Å²) in [6.45, 7) is 2.84. The molecule has 0 aliphatic carbocycles. The van der Waals surface area contributed by atoms with Gasteiger partial charge in [0.25, 0.3) is 0 Å². The Bertz CT molecular complexity index is 688. The topological polar surface area (TPSA) is 50.4 Å². The molecule has 3 rings (SSSR count). The highest BCUT2D eigenvalue weighted by Gasteiger charge is 2.34. The van der Waals surface area contributed by atoms with E-state index in [-0.39, 0.29) is 10.8 Å². The summed E-state index contributed by atoms with van der Waals surface area (Å²) in [6, 6.07) is 20.7. The van der Waals surface area contributed by atoms with Crippen molar-refractivity contribution in [2.75, 3.05) is 26.3 Å². The third-order valence-electron chi connectivity index (χ3n) is 4.82. The van der Waals surface area contributed by atoms with Gasteiger partial charge in [-0.15, -0.1) is 11.8 Å². The van der Waals surface area contributed by atoms with Gasteiger partial charge in [0.05, 0.1) is 0 Å². The molecule has 1 aliphatic heterocycles. The number of hydrogen-bond donors (Lipinski definition) is 2. The highest BCUT2D eigenvalue weighted by molar-refractivity contribution is 8.00. The molecule has 0 saturated carbocycles. The largest absolute Gasteiger partial charge is 0.381 e. The molecule has 144 valence electrons. The average Bonchev–Trinajstić information content (AvgIpc) is 2.72. The highest BCUT2D eigenvalue weighted by Crippen LogP contribution is 2.39. The lowest BCUT2D eigenvalue weighted by Gasteiger charge is -2.36. The third-order valence-corrected chi connectivity index (χ3v) is 6.32. The molecule has 0 unspecified atom stereocenters. The molecule has 1 heterocycles. The van der Waals surface area contributed by atoms with Crippen molar-refractivity contribution in [3.63, 3.8) is 0 Å². The van der Waals surface area contributed by atoms with E-state index >= 15 is 0 Å². The first-order chi connectivity index (χ1) is 13.3. The number of hydrogen-bond acceptors (Lipinski definition) is 3. The molecule has 0 bridgehead atoms. The summed E-state index contributed by atoms with van der Waals surface area (Å²) in [7, 11) is 0. The van der Waals surface area contributed by atoms with E-state index in [1.54, 1.807) is 0 Å². The molecule has 0 aromatic heterocycles. The highest BCUT2D eigenvalue weighted by atomic mass is 32.2. The van der Waals surface area contributed by atoms with Crippen LogP contribution < -0.4 is 10.6 Å². The zero-order valence-electron chi connectivity index (χ0n) is 15.7. The zero-order valence-corrected chi connectivity index (χ0v) is 16.5.